The Kier molecular flexibility index (Phi) is 7.43. The molecule has 5 heteroatoms. The Morgan fingerprint density at radius 1 is 1.11 bits per heavy atom. The third-order valence-corrected chi connectivity index (χ3v) is 10.2. The van der Waals surface area contributed by atoms with Crippen LogP contribution in [-0.4, -0.2) is 32.1 Å². The molecule has 0 unspecified atom stereocenters. The summed E-state index contributed by atoms with van der Waals surface area (Å²) in [5.41, 5.74) is 0.969. The minimum Gasteiger partial charge on any atom is -0.458 e. The van der Waals surface area contributed by atoms with Crippen LogP contribution in [0.1, 0.15) is 52.2 Å². The molecule has 0 fully saturated rings. The van der Waals surface area contributed by atoms with E-state index in [0.717, 1.165) is 16.3 Å². The summed E-state index contributed by atoms with van der Waals surface area (Å²) >= 11 is 0. The summed E-state index contributed by atoms with van der Waals surface area (Å²) in [6.07, 6.45) is -0.0568. The molecule has 0 aliphatic heterocycles. The van der Waals surface area contributed by atoms with Gasteiger partial charge in [0.1, 0.15) is 6.10 Å². The highest BCUT2D eigenvalue weighted by atomic mass is 28.4. The first-order valence-electron chi connectivity index (χ1n) is 10.0. The monoisotopic (exact) mass is 402 g/mol. The van der Waals surface area contributed by atoms with Crippen molar-refractivity contribution in [2.45, 2.75) is 70.9 Å². The Labute approximate surface area is 170 Å². The van der Waals surface area contributed by atoms with Crippen molar-refractivity contribution in [3.8, 4) is 0 Å². The smallest absolute Gasteiger partial charge is 0.308 e. The molecule has 2 aromatic carbocycles. The normalized spacial score (nSPS) is 14.7. The van der Waals surface area contributed by atoms with Crippen LogP contribution in [0.2, 0.25) is 18.1 Å². The average molecular weight is 403 g/mol. The summed E-state index contributed by atoms with van der Waals surface area (Å²) in [6, 6.07) is 14.2. The molecule has 0 saturated carbocycles. The molecular weight excluding hydrogens is 368 g/mol. The van der Waals surface area contributed by atoms with Crippen LogP contribution in [0.15, 0.2) is 42.5 Å². The van der Waals surface area contributed by atoms with Gasteiger partial charge in [0.05, 0.1) is 12.5 Å². The Morgan fingerprint density at radius 3 is 2.36 bits per heavy atom. The number of benzene rings is 2. The van der Waals surface area contributed by atoms with E-state index in [2.05, 4.69) is 52.1 Å². The van der Waals surface area contributed by atoms with E-state index in [9.17, 15) is 9.90 Å². The van der Waals surface area contributed by atoms with Crippen LogP contribution < -0.4 is 0 Å². The molecule has 154 valence electrons. The Bertz CT molecular complexity index is 795. The van der Waals surface area contributed by atoms with E-state index >= 15 is 0 Å². The minimum absolute atomic E-state index is 0.00715. The highest BCUT2D eigenvalue weighted by Crippen LogP contribution is 2.38. The van der Waals surface area contributed by atoms with Crippen LogP contribution in [0.25, 0.3) is 10.8 Å². The van der Waals surface area contributed by atoms with Gasteiger partial charge in [-0.3, -0.25) is 4.79 Å². The molecule has 0 aromatic heterocycles. The largest absolute Gasteiger partial charge is 0.458 e. The Balaban J connectivity index is 2.02. The number of rotatable bonds is 8. The van der Waals surface area contributed by atoms with Gasteiger partial charge in [-0.15, -0.1) is 0 Å². The number of fused-ring (bicyclic) bond motifs is 1. The van der Waals surface area contributed by atoms with Gasteiger partial charge in [0, 0.05) is 6.61 Å². The summed E-state index contributed by atoms with van der Waals surface area (Å²) in [7, 11) is -2.03. The summed E-state index contributed by atoms with van der Waals surface area (Å²) in [5, 5.41) is 11.7. The number of carbonyl (C=O) groups excluding carboxylic acids is 1. The molecule has 0 radical (unpaired) electrons. The molecule has 0 amide bonds. The standard InChI is InChI=1S/C23H34O4Si/c1-17(19-12-11-18-9-7-8-10-20(18)15-19)26-22(25)16-21(13-14-24)27-28(5,6)23(2,3)4/h7-12,15,17,21,24H,13-14,16H2,1-6H3/t17-,21-/m0/s1. The molecule has 1 N–H and O–H groups in total. The number of ether oxygens (including phenoxy) is 1. The van der Waals surface area contributed by atoms with Crippen molar-refractivity contribution in [3.05, 3.63) is 48.0 Å². The molecule has 2 aromatic rings. The highest BCUT2D eigenvalue weighted by molar-refractivity contribution is 6.74. The Hall–Kier alpha value is -1.69. The number of aliphatic hydroxyl groups is 1. The van der Waals surface area contributed by atoms with Gasteiger partial charge in [0.25, 0.3) is 0 Å². The zero-order valence-electron chi connectivity index (χ0n) is 18.0. The van der Waals surface area contributed by atoms with Gasteiger partial charge < -0.3 is 14.3 Å². The lowest BCUT2D eigenvalue weighted by Gasteiger charge is -2.39. The van der Waals surface area contributed by atoms with E-state index < -0.39 is 8.32 Å². The molecular formula is C23H34O4Si. The van der Waals surface area contributed by atoms with Gasteiger partial charge in [0.15, 0.2) is 8.32 Å². The van der Waals surface area contributed by atoms with Crippen molar-refractivity contribution in [3.63, 3.8) is 0 Å². The Morgan fingerprint density at radius 2 is 1.75 bits per heavy atom. The number of esters is 1. The zero-order chi connectivity index (χ0) is 20.9. The molecule has 0 heterocycles. The van der Waals surface area contributed by atoms with Gasteiger partial charge in [0.2, 0.25) is 0 Å². The quantitative estimate of drug-likeness (QED) is 0.461. The van der Waals surface area contributed by atoms with Gasteiger partial charge in [-0.2, -0.15) is 0 Å². The summed E-state index contributed by atoms with van der Waals surface area (Å²) in [5.74, 6) is -0.294. The maximum absolute atomic E-state index is 12.5. The van der Waals surface area contributed by atoms with Crippen LogP contribution in [0.3, 0.4) is 0 Å². The molecule has 2 rings (SSSR count). The summed E-state index contributed by atoms with van der Waals surface area (Å²) in [6.45, 7) is 12.7. The lowest BCUT2D eigenvalue weighted by atomic mass is 10.0. The SMILES string of the molecule is C[C@H](OC(=O)C[C@H](CCO)O[Si](C)(C)C(C)(C)C)c1ccc2ccccc2c1. The van der Waals surface area contributed by atoms with E-state index in [-0.39, 0.29) is 36.2 Å². The first-order valence-corrected chi connectivity index (χ1v) is 12.9. The second-order valence-corrected chi connectivity index (χ2v) is 13.7. The number of aliphatic hydroxyl groups excluding tert-OH is 1. The number of hydrogen-bond acceptors (Lipinski definition) is 4. The molecule has 4 nitrogen and oxygen atoms in total. The second-order valence-electron chi connectivity index (χ2n) is 8.96. The first kappa shape index (κ1) is 22.6. The average Bonchev–Trinajstić information content (AvgIpc) is 2.60. The van der Waals surface area contributed by atoms with Gasteiger partial charge in [-0.05, 0) is 53.9 Å². The fourth-order valence-electron chi connectivity index (χ4n) is 2.90. The zero-order valence-corrected chi connectivity index (χ0v) is 19.0. The van der Waals surface area contributed by atoms with Crippen molar-refractivity contribution < 1.29 is 19.1 Å². The van der Waals surface area contributed by atoms with Crippen LogP contribution in [0, 0.1) is 0 Å². The maximum atomic E-state index is 12.5. The lowest BCUT2D eigenvalue weighted by molar-refractivity contribution is -0.150. The molecule has 2 atom stereocenters. The second kappa shape index (κ2) is 9.20. The topological polar surface area (TPSA) is 55.8 Å². The van der Waals surface area contributed by atoms with Crippen LogP contribution in [0.4, 0.5) is 0 Å². The van der Waals surface area contributed by atoms with Crippen molar-refractivity contribution in [2.24, 2.45) is 0 Å². The molecule has 0 saturated heterocycles. The van der Waals surface area contributed by atoms with E-state index in [0.29, 0.717) is 6.42 Å². The predicted molar refractivity (Wildman–Crippen MR) is 117 cm³/mol. The fourth-order valence-corrected chi connectivity index (χ4v) is 4.29. The van der Waals surface area contributed by atoms with Crippen LogP contribution >= 0.6 is 0 Å². The third-order valence-electron chi connectivity index (χ3n) is 5.66. The van der Waals surface area contributed by atoms with E-state index in [1.807, 2.05) is 31.2 Å². The van der Waals surface area contributed by atoms with E-state index in [1.165, 1.54) is 0 Å². The number of hydrogen-bond donors (Lipinski definition) is 1. The first-order chi connectivity index (χ1) is 13.0. The van der Waals surface area contributed by atoms with Crippen molar-refractivity contribution in [1.82, 2.24) is 0 Å². The van der Waals surface area contributed by atoms with Gasteiger partial charge >= 0.3 is 5.97 Å². The molecule has 0 aliphatic rings. The molecule has 0 aliphatic carbocycles. The summed E-state index contributed by atoms with van der Waals surface area (Å²) in [4.78, 5) is 12.5. The van der Waals surface area contributed by atoms with E-state index in [1.54, 1.807) is 0 Å². The lowest BCUT2D eigenvalue weighted by Crippen LogP contribution is -2.44. The van der Waals surface area contributed by atoms with Crippen LogP contribution in [-0.2, 0) is 14.0 Å². The van der Waals surface area contributed by atoms with Crippen LogP contribution in [0.5, 0.6) is 0 Å². The van der Waals surface area contributed by atoms with Crippen molar-refractivity contribution >= 4 is 25.1 Å². The molecule has 0 spiro atoms. The maximum Gasteiger partial charge on any atom is 0.308 e. The van der Waals surface area contributed by atoms with Gasteiger partial charge in [-0.1, -0.05) is 57.2 Å². The van der Waals surface area contributed by atoms with Crippen molar-refractivity contribution in [2.75, 3.05) is 6.61 Å². The number of carbonyl (C=O) groups is 1. The molecule has 0 bridgehead atoms. The molecule has 28 heavy (non-hydrogen) atoms. The van der Waals surface area contributed by atoms with Gasteiger partial charge in [-0.25, -0.2) is 0 Å². The predicted octanol–water partition coefficient (Wildman–Crippen LogP) is 5.61. The van der Waals surface area contributed by atoms with Crippen molar-refractivity contribution in [1.29, 1.82) is 0 Å². The highest BCUT2D eigenvalue weighted by Gasteiger charge is 2.39. The van der Waals surface area contributed by atoms with E-state index in [4.69, 9.17) is 9.16 Å². The fraction of sp³-hybridized carbons (Fsp3) is 0.522. The minimum atomic E-state index is -2.03. The summed E-state index contributed by atoms with van der Waals surface area (Å²) < 4.78 is 12.0. The third kappa shape index (κ3) is 5.90.